The Balaban J connectivity index is 1.47. The number of benzene rings is 3. The smallest absolute Gasteiger partial charge is 0.274 e. The molecule has 0 amide bonds. The Morgan fingerprint density at radius 3 is 2.42 bits per heavy atom. The molecule has 1 heterocycles. The van der Waals surface area contributed by atoms with Crippen molar-refractivity contribution in [3.05, 3.63) is 106 Å². The molecule has 3 aromatic carbocycles. The minimum Gasteiger partial charge on any atom is -0.354 e. The van der Waals surface area contributed by atoms with E-state index < -0.39 is 0 Å². The number of fused-ring (bicyclic) bond motifs is 1. The zero-order chi connectivity index (χ0) is 21.6. The summed E-state index contributed by atoms with van der Waals surface area (Å²) < 4.78 is 0. The van der Waals surface area contributed by atoms with E-state index in [0.717, 1.165) is 17.7 Å². The summed E-state index contributed by atoms with van der Waals surface area (Å²) in [5.74, 6) is 0.517. The molecule has 1 aromatic heterocycles. The standard InChI is InChI=1S/C26H28N4O/c1-30(2)24(16-19-8-4-3-5-9-19)18-27-26-28-23(17-25(31)29-26)15-20-12-13-21-10-6-7-11-22(21)14-20/h3-14,17,24H,15-16,18H2,1-2H3,(H2,27,28,29,31). The molecule has 5 nitrogen and oxygen atoms in total. The van der Waals surface area contributed by atoms with E-state index in [4.69, 9.17) is 0 Å². The fourth-order valence-corrected chi connectivity index (χ4v) is 3.79. The molecule has 158 valence electrons. The predicted octanol–water partition coefficient (Wildman–Crippen LogP) is 4.10. The lowest BCUT2D eigenvalue weighted by atomic mass is 10.0. The molecule has 1 atom stereocenters. The van der Waals surface area contributed by atoms with Crippen LogP contribution in [0.5, 0.6) is 0 Å². The first-order valence-corrected chi connectivity index (χ1v) is 10.6. The summed E-state index contributed by atoms with van der Waals surface area (Å²) in [5.41, 5.74) is 3.06. The lowest BCUT2D eigenvalue weighted by Gasteiger charge is -2.25. The van der Waals surface area contributed by atoms with E-state index in [9.17, 15) is 4.79 Å². The SMILES string of the molecule is CN(C)C(CNc1nc(=O)cc(Cc2ccc3ccccc3c2)[nH]1)Cc1ccccc1. The Bertz CT molecular complexity index is 1200. The summed E-state index contributed by atoms with van der Waals surface area (Å²) in [4.78, 5) is 21.8. The number of nitrogens with one attached hydrogen (secondary N) is 2. The van der Waals surface area contributed by atoms with E-state index in [0.29, 0.717) is 18.9 Å². The number of anilines is 1. The normalized spacial score (nSPS) is 12.2. The van der Waals surface area contributed by atoms with Gasteiger partial charge in [-0.1, -0.05) is 72.8 Å². The first kappa shape index (κ1) is 20.8. The van der Waals surface area contributed by atoms with Crippen molar-refractivity contribution < 1.29 is 0 Å². The molecule has 0 spiro atoms. The first-order chi connectivity index (χ1) is 15.1. The van der Waals surface area contributed by atoms with Gasteiger partial charge in [0, 0.05) is 30.8 Å². The monoisotopic (exact) mass is 412 g/mol. The van der Waals surface area contributed by atoms with E-state index in [1.165, 1.54) is 16.3 Å². The number of nitrogens with zero attached hydrogens (tertiary/aromatic N) is 2. The first-order valence-electron chi connectivity index (χ1n) is 10.6. The molecular formula is C26H28N4O. The van der Waals surface area contributed by atoms with E-state index in [2.05, 4.69) is 88.9 Å². The molecule has 0 fully saturated rings. The highest BCUT2D eigenvalue weighted by atomic mass is 16.1. The topological polar surface area (TPSA) is 61.0 Å². The van der Waals surface area contributed by atoms with Crippen LogP contribution in [0.1, 0.15) is 16.8 Å². The maximum absolute atomic E-state index is 12.2. The summed E-state index contributed by atoms with van der Waals surface area (Å²) in [6, 6.07) is 27.0. The van der Waals surface area contributed by atoms with Crippen LogP contribution in [0.25, 0.3) is 10.8 Å². The van der Waals surface area contributed by atoms with Crippen molar-refractivity contribution in [1.82, 2.24) is 14.9 Å². The van der Waals surface area contributed by atoms with Crippen molar-refractivity contribution in [2.24, 2.45) is 0 Å². The largest absolute Gasteiger partial charge is 0.354 e. The molecule has 0 aliphatic carbocycles. The quantitative estimate of drug-likeness (QED) is 0.457. The van der Waals surface area contributed by atoms with Crippen LogP contribution >= 0.6 is 0 Å². The second kappa shape index (κ2) is 9.58. The van der Waals surface area contributed by atoms with Gasteiger partial charge < -0.3 is 15.2 Å². The van der Waals surface area contributed by atoms with Gasteiger partial charge in [0.05, 0.1) is 0 Å². The average Bonchev–Trinajstić information content (AvgIpc) is 2.76. The predicted molar refractivity (Wildman–Crippen MR) is 128 cm³/mol. The number of H-pyrrole nitrogens is 1. The van der Waals surface area contributed by atoms with Gasteiger partial charge in [0.25, 0.3) is 5.56 Å². The number of hydrogen-bond acceptors (Lipinski definition) is 4. The minimum atomic E-state index is -0.235. The Labute approximate surface area is 182 Å². The summed E-state index contributed by atoms with van der Waals surface area (Å²) in [6.45, 7) is 0.685. The molecule has 0 radical (unpaired) electrons. The van der Waals surface area contributed by atoms with Crippen molar-refractivity contribution in [2.45, 2.75) is 18.9 Å². The third kappa shape index (κ3) is 5.58. The van der Waals surface area contributed by atoms with Gasteiger partial charge in [-0.3, -0.25) is 4.79 Å². The molecular weight excluding hydrogens is 384 g/mol. The number of likely N-dealkylation sites (N-methyl/N-ethyl adjacent to an activating group) is 1. The second-order valence-corrected chi connectivity index (χ2v) is 8.14. The van der Waals surface area contributed by atoms with E-state index in [-0.39, 0.29) is 11.6 Å². The van der Waals surface area contributed by atoms with E-state index in [1.54, 1.807) is 6.07 Å². The second-order valence-electron chi connectivity index (χ2n) is 8.14. The van der Waals surface area contributed by atoms with Crippen LogP contribution in [0.15, 0.2) is 83.7 Å². The summed E-state index contributed by atoms with van der Waals surface area (Å²) in [5, 5.41) is 5.75. The summed E-state index contributed by atoms with van der Waals surface area (Å²) in [7, 11) is 4.14. The van der Waals surface area contributed by atoms with Gasteiger partial charge in [-0.15, -0.1) is 0 Å². The Hall–Kier alpha value is -3.44. The van der Waals surface area contributed by atoms with Crippen LogP contribution in [0.3, 0.4) is 0 Å². The van der Waals surface area contributed by atoms with Crippen LogP contribution in [-0.4, -0.2) is 41.5 Å². The average molecular weight is 413 g/mol. The van der Waals surface area contributed by atoms with Crippen LogP contribution < -0.4 is 10.9 Å². The van der Waals surface area contributed by atoms with E-state index >= 15 is 0 Å². The van der Waals surface area contributed by atoms with Crippen molar-refractivity contribution in [3.8, 4) is 0 Å². The lowest BCUT2D eigenvalue weighted by Crippen LogP contribution is -2.37. The highest BCUT2D eigenvalue weighted by molar-refractivity contribution is 5.83. The Kier molecular flexibility index (Phi) is 6.43. The number of hydrogen-bond donors (Lipinski definition) is 2. The van der Waals surface area contributed by atoms with Crippen molar-refractivity contribution in [1.29, 1.82) is 0 Å². The molecule has 0 bridgehead atoms. The molecule has 0 aliphatic rings. The fourth-order valence-electron chi connectivity index (χ4n) is 3.79. The van der Waals surface area contributed by atoms with Crippen LogP contribution in [-0.2, 0) is 12.8 Å². The van der Waals surface area contributed by atoms with Gasteiger partial charge >= 0.3 is 0 Å². The third-order valence-electron chi connectivity index (χ3n) is 5.56. The van der Waals surface area contributed by atoms with Crippen molar-refractivity contribution in [3.63, 3.8) is 0 Å². The Morgan fingerprint density at radius 1 is 0.903 bits per heavy atom. The minimum absolute atomic E-state index is 0.235. The van der Waals surface area contributed by atoms with Gasteiger partial charge in [0.1, 0.15) is 0 Å². The molecule has 5 heteroatoms. The molecule has 0 saturated carbocycles. The van der Waals surface area contributed by atoms with Gasteiger partial charge in [-0.05, 0) is 42.4 Å². The molecule has 0 aliphatic heterocycles. The van der Waals surface area contributed by atoms with Gasteiger partial charge in [0.2, 0.25) is 5.95 Å². The van der Waals surface area contributed by atoms with Crippen LogP contribution in [0.4, 0.5) is 5.95 Å². The highest BCUT2D eigenvalue weighted by Gasteiger charge is 2.13. The molecule has 31 heavy (non-hydrogen) atoms. The molecule has 4 aromatic rings. The zero-order valence-corrected chi connectivity index (χ0v) is 18.0. The number of aromatic amines is 1. The fraction of sp³-hybridized carbons (Fsp3) is 0.231. The lowest BCUT2D eigenvalue weighted by molar-refractivity contribution is 0.303. The molecule has 1 unspecified atom stereocenters. The Morgan fingerprint density at radius 2 is 1.65 bits per heavy atom. The number of aromatic nitrogens is 2. The zero-order valence-electron chi connectivity index (χ0n) is 18.0. The number of rotatable bonds is 8. The molecule has 0 saturated heterocycles. The molecule has 4 rings (SSSR count). The van der Waals surface area contributed by atoms with Crippen molar-refractivity contribution >= 4 is 16.7 Å². The summed E-state index contributed by atoms with van der Waals surface area (Å²) in [6.07, 6.45) is 1.57. The molecule has 2 N–H and O–H groups in total. The third-order valence-corrected chi connectivity index (χ3v) is 5.56. The maximum atomic E-state index is 12.2. The van der Waals surface area contributed by atoms with Crippen LogP contribution in [0.2, 0.25) is 0 Å². The van der Waals surface area contributed by atoms with E-state index in [1.807, 2.05) is 18.2 Å². The van der Waals surface area contributed by atoms with Gasteiger partial charge in [-0.25, -0.2) is 0 Å². The maximum Gasteiger partial charge on any atom is 0.274 e. The van der Waals surface area contributed by atoms with Gasteiger partial charge in [0.15, 0.2) is 0 Å². The highest BCUT2D eigenvalue weighted by Crippen LogP contribution is 2.17. The van der Waals surface area contributed by atoms with Crippen molar-refractivity contribution in [2.75, 3.05) is 26.0 Å². The van der Waals surface area contributed by atoms with Gasteiger partial charge in [-0.2, -0.15) is 4.98 Å². The summed E-state index contributed by atoms with van der Waals surface area (Å²) >= 11 is 0. The van der Waals surface area contributed by atoms with Crippen LogP contribution in [0, 0.1) is 0 Å².